The van der Waals surface area contributed by atoms with Crippen LogP contribution in [0.1, 0.15) is 5.82 Å². The number of pyridine rings is 1. The lowest BCUT2D eigenvalue weighted by molar-refractivity contribution is 1.01. The molecule has 2 aromatic heterocycles. The van der Waals surface area contributed by atoms with Gasteiger partial charge in [-0.1, -0.05) is 0 Å². The van der Waals surface area contributed by atoms with Crippen LogP contribution in [0, 0.1) is 3.57 Å². The Kier molecular flexibility index (Phi) is 3.27. The van der Waals surface area contributed by atoms with Crippen molar-refractivity contribution in [3.8, 4) is 0 Å². The average molecular weight is 319 g/mol. The molecule has 0 saturated heterocycles. The molecule has 0 fully saturated rings. The van der Waals surface area contributed by atoms with Crippen LogP contribution in [0.15, 0.2) is 12.4 Å². The van der Waals surface area contributed by atoms with Crippen molar-refractivity contribution in [2.75, 3.05) is 12.0 Å². The maximum atomic E-state index is 4.53. The summed E-state index contributed by atoms with van der Waals surface area (Å²) < 4.78 is 1.10. The van der Waals surface area contributed by atoms with Crippen LogP contribution in [-0.2, 0) is 6.42 Å². The van der Waals surface area contributed by atoms with Gasteiger partial charge in [0.25, 0.3) is 0 Å². The highest BCUT2D eigenvalue weighted by Gasteiger charge is 2.05. The van der Waals surface area contributed by atoms with Crippen LogP contribution in [0.25, 0.3) is 11.0 Å². The molecule has 2 aromatic rings. The predicted octanol–water partition coefficient (Wildman–Crippen LogP) is 2.47. The minimum absolute atomic E-state index is 0.992. The van der Waals surface area contributed by atoms with Gasteiger partial charge in [-0.15, -0.1) is 0 Å². The third-order valence-corrected chi connectivity index (χ3v) is 3.34. The molecule has 0 aliphatic rings. The van der Waals surface area contributed by atoms with E-state index in [0.717, 1.165) is 32.6 Å². The van der Waals surface area contributed by atoms with Crippen LogP contribution in [-0.4, -0.2) is 27.0 Å². The second-order valence-corrected chi connectivity index (χ2v) is 5.09. The van der Waals surface area contributed by atoms with E-state index in [1.54, 1.807) is 0 Å². The molecule has 0 unspecified atom stereocenters. The van der Waals surface area contributed by atoms with E-state index in [1.807, 2.05) is 24.2 Å². The third-order valence-electron chi connectivity index (χ3n) is 1.94. The zero-order chi connectivity index (χ0) is 9.97. The third kappa shape index (κ3) is 2.03. The summed E-state index contributed by atoms with van der Waals surface area (Å²) in [7, 11) is 0. The van der Waals surface area contributed by atoms with Crippen LogP contribution in [0.3, 0.4) is 0 Å². The Hall–Kier alpha value is -0.300. The maximum Gasteiger partial charge on any atom is 0.108 e. The van der Waals surface area contributed by atoms with Gasteiger partial charge in [-0.2, -0.15) is 11.8 Å². The first-order valence-corrected chi connectivity index (χ1v) is 6.75. The molecule has 0 amide bonds. The highest BCUT2D eigenvalue weighted by Crippen LogP contribution is 2.17. The molecule has 0 saturated carbocycles. The molecule has 2 heterocycles. The van der Waals surface area contributed by atoms with Gasteiger partial charge in [0.1, 0.15) is 11.3 Å². The van der Waals surface area contributed by atoms with Crippen molar-refractivity contribution in [1.29, 1.82) is 0 Å². The minimum Gasteiger partial charge on any atom is -0.341 e. The predicted molar refractivity (Wildman–Crippen MR) is 68.7 cm³/mol. The largest absolute Gasteiger partial charge is 0.341 e. The molecule has 0 bridgehead atoms. The van der Waals surface area contributed by atoms with Crippen LogP contribution >= 0.6 is 34.4 Å². The number of aromatic amines is 1. The van der Waals surface area contributed by atoms with Crippen LogP contribution < -0.4 is 0 Å². The van der Waals surface area contributed by atoms with Gasteiger partial charge in [0.15, 0.2) is 0 Å². The van der Waals surface area contributed by atoms with Crippen LogP contribution in [0.5, 0.6) is 0 Å². The molecule has 0 atom stereocenters. The highest BCUT2D eigenvalue weighted by atomic mass is 127. The normalized spacial score (nSPS) is 11.0. The van der Waals surface area contributed by atoms with Crippen LogP contribution in [0.4, 0.5) is 0 Å². The molecule has 0 aromatic carbocycles. The van der Waals surface area contributed by atoms with E-state index in [9.17, 15) is 0 Å². The molecule has 74 valence electrons. The molecule has 0 aliphatic carbocycles. The Labute approximate surface area is 100 Å². The first-order chi connectivity index (χ1) is 6.81. The molecular formula is C9H10IN3S. The molecule has 3 nitrogen and oxygen atoms in total. The number of nitrogens with zero attached hydrogens (tertiary/aromatic N) is 2. The Morgan fingerprint density at radius 1 is 1.50 bits per heavy atom. The number of aryl methyl sites for hydroxylation is 1. The maximum absolute atomic E-state index is 4.53. The van der Waals surface area contributed by atoms with Crippen molar-refractivity contribution in [2.24, 2.45) is 0 Å². The molecule has 0 radical (unpaired) electrons. The summed E-state index contributed by atoms with van der Waals surface area (Å²) in [6.45, 7) is 0. The highest BCUT2D eigenvalue weighted by molar-refractivity contribution is 14.1. The van der Waals surface area contributed by atoms with E-state index in [4.69, 9.17) is 0 Å². The molecule has 2 rings (SSSR count). The van der Waals surface area contributed by atoms with Gasteiger partial charge in [-0.05, 0) is 28.8 Å². The lowest BCUT2D eigenvalue weighted by atomic mass is 10.4. The van der Waals surface area contributed by atoms with Crippen molar-refractivity contribution in [3.05, 3.63) is 21.8 Å². The lowest BCUT2D eigenvalue weighted by Gasteiger charge is -1.90. The smallest absolute Gasteiger partial charge is 0.108 e. The Morgan fingerprint density at radius 2 is 2.36 bits per heavy atom. The van der Waals surface area contributed by atoms with Crippen LogP contribution in [0.2, 0.25) is 0 Å². The number of nitrogens with one attached hydrogen (secondary N) is 1. The molecule has 5 heteroatoms. The molecule has 14 heavy (non-hydrogen) atoms. The summed E-state index contributed by atoms with van der Waals surface area (Å²) in [5.74, 6) is 2.16. The number of imidazole rings is 1. The lowest BCUT2D eigenvalue weighted by Crippen LogP contribution is -1.89. The number of hydrogen-bond donors (Lipinski definition) is 1. The number of thioether (sulfide) groups is 1. The summed E-state index contributed by atoms with van der Waals surface area (Å²) in [6, 6.07) is 0. The number of halogens is 1. The number of aromatic nitrogens is 3. The second kappa shape index (κ2) is 4.48. The fourth-order valence-corrected chi connectivity index (χ4v) is 2.24. The average Bonchev–Trinajstić information content (AvgIpc) is 2.59. The van der Waals surface area contributed by atoms with Gasteiger partial charge in [0.2, 0.25) is 0 Å². The fourth-order valence-electron chi connectivity index (χ4n) is 1.27. The summed E-state index contributed by atoms with van der Waals surface area (Å²) in [5.41, 5.74) is 2.07. The van der Waals surface area contributed by atoms with Crippen molar-refractivity contribution in [3.63, 3.8) is 0 Å². The van der Waals surface area contributed by atoms with Crippen molar-refractivity contribution in [2.45, 2.75) is 6.42 Å². The SMILES string of the molecule is CSCCc1nc2c(I)cncc2[nH]1. The number of fused-ring (bicyclic) bond motifs is 1. The van der Waals surface area contributed by atoms with Gasteiger partial charge in [0.05, 0.1) is 15.3 Å². The monoisotopic (exact) mass is 319 g/mol. The van der Waals surface area contributed by atoms with Crippen molar-refractivity contribution < 1.29 is 0 Å². The topological polar surface area (TPSA) is 41.6 Å². The summed E-state index contributed by atoms with van der Waals surface area (Å²) in [4.78, 5) is 11.9. The zero-order valence-corrected chi connectivity index (χ0v) is 10.7. The second-order valence-electron chi connectivity index (χ2n) is 2.94. The van der Waals surface area contributed by atoms with Gasteiger partial charge < -0.3 is 4.98 Å². The van der Waals surface area contributed by atoms with E-state index in [1.165, 1.54) is 0 Å². The van der Waals surface area contributed by atoms with Gasteiger partial charge in [-0.3, -0.25) is 4.98 Å². The number of H-pyrrole nitrogens is 1. The Morgan fingerprint density at radius 3 is 3.07 bits per heavy atom. The van der Waals surface area contributed by atoms with E-state index < -0.39 is 0 Å². The van der Waals surface area contributed by atoms with E-state index in [-0.39, 0.29) is 0 Å². The van der Waals surface area contributed by atoms with Crippen molar-refractivity contribution in [1.82, 2.24) is 15.0 Å². The zero-order valence-electron chi connectivity index (χ0n) is 7.75. The van der Waals surface area contributed by atoms with Gasteiger partial charge in [0, 0.05) is 18.4 Å². The van der Waals surface area contributed by atoms with Crippen molar-refractivity contribution >= 4 is 45.4 Å². The molecule has 1 N–H and O–H groups in total. The first kappa shape index (κ1) is 10.2. The Bertz CT molecular complexity index is 441. The molecule has 0 aliphatic heterocycles. The number of rotatable bonds is 3. The van der Waals surface area contributed by atoms with E-state index >= 15 is 0 Å². The van der Waals surface area contributed by atoms with Gasteiger partial charge in [-0.25, -0.2) is 4.98 Å². The van der Waals surface area contributed by atoms with E-state index in [0.29, 0.717) is 0 Å². The standard InChI is InChI=1S/C9H10IN3S/c1-14-3-2-8-12-7-5-11-4-6(10)9(7)13-8/h4-5H,2-3H2,1H3,(H,12,13). The summed E-state index contributed by atoms with van der Waals surface area (Å²) in [5, 5.41) is 0. The number of hydrogen-bond acceptors (Lipinski definition) is 3. The quantitative estimate of drug-likeness (QED) is 0.884. The molecular weight excluding hydrogens is 309 g/mol. The van der Waals surface area contributed by atoms with Gasteiger partial charge >= 0.3 is 0 Å². The van der Waals surface area contributed by atoms with E-state index in [2.05, 4.69) is 43.8 Å². The Balaban J connectivity index is 2.36. The summed E-state index contributed by atoms with van der Waals surface area (Å²) in [6.07, 6.45) is 6.76. The summed E-state index contributed by atoms with van der Waals surface area (Å²) >= 11 is 4.09. The minimum atomic E-state index is 0.992. The fraction of sp³-hybridized carbons (Fsp3) is 0.333. The first-order valence-electron chi connectivity index (χ1n) is 4.28. The molecule has 0 spiro atoms.